The molecule has 0 saturated carbocycles. The van der Waals surface area contributed by atoms with Crippen molar-refractivity contribution in [1.82, 2.24) is 5.32 Å². The Hall–Kier alpha value is -1.10. The molecule has 0 aromatic heterocycles. The van der Waals surface area contributed by atoms with Gasteiger partial charge in [0, 0.05) is 12.5 Å². The van der Waals surface area contributed by atoms with Gasteiger partial charge in [0.1, 0.15) is 0 Å². The predicted octanol–water partition coefficient (Wildman–Crippen LogP) is 0.731. The summed E-state index contributed by atoms with van der Waals surface area (Å²) in [5.74, 6) is -0.814. The summed E-state index contributed by atoms with van der Waals surface area (Å²) in [4.78, 5) is 22.1. The van der Waals surface area contributed by atoms with E-state index >= 15 is 0 Å². The SMILES string of the molecule is CCC(CN)CC(=O)NC(CC)CC(=O)O. The molecular weight excluding hydrogens is 208 g/mol. The van der Waals surface area contributed by atoms with Crippen molar-refractivity contribution in [3.63, 3.8) is 0 Å². The highest BCUT2D eigenvalue weighted by atomic mass is 16.4. The number of aliphatic carboxylic acids is 1. The molecule has 5 heteroatoms. The van der Waals surface area contributed by atoms with Crippen LogP contribution < -0.4 is 11.1 Å². The maximum absolute atomic E-state index is 11.6. The van der Waals surface area contributed by atoms with Gasteiger partial charge in [-0.2, -0.15) is 0 Å². The highest BCUT2D eigenvalue weighted by molar-refractivity contribution is 5.77. The Morgan fingerprint density at radius 3 is 2.25 bits per heavy atom. The van der Waals surface area contributed by atoms with Crippen molar-refractivity contribution in [2.45, 2.75) is 45.6 Å². The average molecular weight is 230 g/mol. The molecule has 0 aromatic rings. The minimum absolute atomic E-state index is 0.0261. The van der Waals surface area contributed by atoms with Crippen molar-refractivity contribution in [2.24, 2.45) is 11.7 Å². The molecule has 0 aliphatic rings. The van der Waals surface area contributed by atoms with Crippen LogP contribution in [-0.4, -0.2) is 29.6 Å². The molecule has 0 aliphatic carbocycles. The fraction of sp³-hybridized carbons (Fsp3) is 0.818. The molecule has 0 saturated heterocycles. The highest BCUT2D eigenvalue weighted by Crippen LogP contribution is 2.07. The molecule has 4 N–H and O–H groups in total. The topological polar surface area (TPSA) is 92.4 Å². The number of nitrogens with two attached hydrogens (primary N) is 1. The van der Waals surface area contributed by atoms with Crippen molar-refractivity contribution < 1.29 is 14.7 Å². The van der Waals surface area contributed by atoms with Crippen molar-refractivity contribution in [1.29, 1.82) is 0 Å². The summed E-state index contributed by atoms with van der Waals surface area (Å²) in [6.45, 7) is 4.33. The fourth-order valence-electron chi connectivity index (χ4n) is 1.45. The van der Waals surface area contributed by atoms with Crippen LogP contribution in [0, 0.1) is 5.92 Å². The van der Waals surface area contributed by atoms with Crippen molar-refractivity contribution >= 4 is 11.9 Å². The number of hydrogen-bond donors (Lipinski definition) is 3. The number of carbonyl (C=O) groups excluding carboxylic acids is 1. The van der Waals surface area contributed by atoms with Gasteiger partial charge in [-0.25, -0.2) is 0 Å². The van der Waals surface area contributed by atoms with Crippen LogP contribution in [0.5, 0.6) is 0 Å². The lowest BCUT2D eigenvalue weighted by Gasteiger charge is -2.17. The van der Waals surface area contributed by atoms with E-state index in [4.69, 9.17) is 10.8 Å². The monoisotopic (exact) mass is 230 g/mol. The van der Waals surface area contributed by atoms with E-state index in [0.29, 0.717) is 19.4 Å². The van der Waals surface area contributed by atoms with Gasteiger partial charge in [-0.1, -0.05) is 20.3 Å². The molecule has 2 atom stereocenters. The van der Waals surface area contributed by atoms with Crippen LogP contribution in [0.4, 0.5) is 0 Å². The van der Waals surface area contributed by atoms with Crippen LogP contribution in [0.2, 0.25) is 0 Å². The highest BCUT2D eigenvalue weighted by Gasteiger charge is 2.16. The first-order valence-corrected chi connectivity index (χ1v) is 5.74. The summed E-state index contributed by atoms with van der Waals surface area (Å²) in [5.41, 5.74) is 5.50. The Kier molecular flexibility index (Phi) is 7.54. The second-order valence-electron chi connectivity index (χ2n) is 3.98. The van der Waals surface area contributed by atoms with Crippen LogP contribution in [0.1, 0.15) is 39.5 Å². The Morgan fingerprint density at radius 2 is 1.88 bits per heavy atom. The van der Waals surface area contributed by atoms with Crippen LogP contribution in [0.15, 0.2) is 0 Å². The van der Waals surface area contributed by atoms with Gasteiger partial charge >= 0.3 is 5.97 Å². The lowest BCUT2D eigenvalue weighted by atomic mass is 10.0. The van der Waals surface area contributed by atoms with Crippen LogP contribution in [-0.2, 0) is 9.59 Å². The number of carbonyl (C=O) groups is 2. The summed E-state index contributed by atoms with van der Waals surface area (Å²) in [6, 6.07) is -0.278. The van der Waals surface area contributed by atoms with Gasteiger partial charge in [-0.15, -0.1) is 0 Å². The standard InChI is InChI=1S/C11H22N2O3/c1-3-8(7-12)5-10(14)13-9(4-2)6-11(15)16/h8-9H,3-7,12H2,1-2H3,(H,13,14)(H,15,16). The zero-order chi connectivity index (χ0) is 12.6. The summed E-state index contributed by atoms with van der Waals surface area (Å²) in [6.07, 6.45) is 1.84. The van der Waals surface area contributed by atoms with E-state index in [1.807, 2.05) is 13.8 Å². The summed E-state index contributed by atoms with van der Waals surface area (Å²) in [7, 11) is 0. The Bertz CT molecular complexity index is 227. The van der Waals surface area contributed by atoms with Gasteiger partial charge < -0.3 is 16.2 Å². The maximum atomic E-state index is 11.6. The summed E-state index contributed by atoms with van der Waals surface area (Å²) >= 11 is 0. The van der Waals surface area contributed by atoms with E-state index in [1.165, 1.54) is 0 Å². The normalized spacial score (nSPS) is 14.2. The van der Waals surface area contributed by atoms with Gasteiger partial charge in [0.05, 0.1) is 6.42 Å². The maximum Gasteiger partial charge on any atom is 0.305 e. The van der Waals surface area contributed by atoms with E-state index in [0.717, 1.165) is 6.42 Å². The molecule has 16 heavy (non-hydrogen) atoms. The number of amides is 1. The van der Waals surface area contributed by atoms with Gasteiger partial charge in [0.15, 0.2) is 0 Å². The van der Waals surface area contributed by atoms with Crippen LogP contribution in [0.3, 0.4) is 0 Å². The van der Waals surface area contributed by atoms with Crippen molar-refractivity contribution in [3.8, 4) is 0 Å². The molecule has 0 aliphatic heterocycles. The number of rotatable bonds is 8. The largest absolute Gasteiger partial charge is 0.481 e. The first kappa shape index (κ1) is 14.9. The quantitative estimate of drug-likeness (QED) is 0.573. The van der Waals surface area contributed by atoms with Crippen LogP contribution >= 0.6 is 0 Å². The molecule has 0 radical (unpaired) electrons. The van der Waals surface area contributed by atoms with Crippen molar-refractivity contribution in [2.75, 3.05) is 6.54 Å². The molecule has 2 unspecified atom stereocenters. The van der Waals surface area contributed by atoms with E-state index < -0.39 is 5.97 Å². The third kappa shape index (κ3) is 6.40. The molecule has 0 bridgehead atoms. The average Bonchev–Trinajstić information content (AvgIpc) is 2.24. The fourth-order valence-corrected chi connectivity index (χ4v) is 1.45. The van der Waals surface area contributed by atoms with Gasteiger partial charge in [-0.05, 0) is 18.9 Å². The lowest BCUT2D eigenvalue weighted by Crippen LogP contribution is -2.37. The molecule has 0 aromatic carbocycles. The number of carboxylic acids is 1. The van der Waals surface area contributed by atoms with E-state index in [-0.39, 0.29) is 24.3 Å². The first-order valence-electron chi connectivity index (χ1n) is 5.74. The minimum Gasteiger partial charge on any atom is -0.481 e. The van der Waals surface area contributed by atoms with Gasteiger partial charge in [0.2, 0.25) is 5.91 Å². The first-order chi connectivity index (χ1) is 7.53. The van der Waals surface area contributed by atoms with Gasteiger partial charge in [0.25, 0.3) is 0 Å². The zero-order valence-electron chi connectivity index (χ0n) is 10.0. The van der Waals surface area contributed by atoms with Crippen LogP contribution in [0.25, 0.3) is 0 Å². The van der Waals surface area contributed by atoms with E-state index in [1.54, 1.807) is 0 Å². The molecule has 1 amide bonds. The second-order valence-corrected chi connectivity index (χ2v) is 3.98. The Balaban J connectivity index is 4.04. The second kappa shape index (κ2) is 8.10. The third-order valence-electron chi connectivity index (χ3n) is 2.66. The van der Waals surface area contributed by atoms with E-state index in [9.17, 15) is 9.59 Å². The predicted molar refractivity (Wildman–Crippen MR) is 61.9 cm³/mol. The third-order valence-corrected chi connectivity index (χ3v) is 2.66. The molecule has 0 heterocycles. The number of nitrogens with one attached hydrogen (secondary N) is 1. The molecule has 0 fully saturated rings. The molecule has 0 spiro atoms. The van der Waals surface area contributed by atoms with Gasteiger partial charge in [-0.3, -0.25) is 9.59 Å². The molecule has 0 rings (SSSR count). The zero-order valence-corrected chi connectivity index (χ0v) is 10.0. The minimum atomic E-state index is -0.891. The molecular formula is C11H22N2O3. The number of hydrogen-bond acceptors (Lipinski definition) is 3. The number of carboxylic acid groups (broad SMARTS) is 1. The summed E-state index contributed by atoms with van der Waals surface area (Å²) in [5, 5.41) is 11.4. The van der Waals surface area contributed by atoms with E-state index in [2.05, 4.69) is 5.32 Å². The smallest absolute Gasteiger partial charge is 0.305 e. The molecule has 94 valence electrons. The lowest BCUT2D eigenvalue weighted by molar-refractivity contribution is -0.137. The summed E-state index contributed by atoms with van der Waals surface area (Å²) < 4.78 is 0. The Morgan fingerprint density at radius 1 is 1.25 bits per heavy atom. The Labute approximate surface area is 96.4 Å². The molecule has 5 nitrogen and oxygen atoms in total. The van der Waals surface area contributed by atoms with Crippen molar-refractivity contribution in [3.05, 3.63) is 0 Å².